The summed E-state index contributed by atoms with van der Waals surface area (Å²) in [5, 5.41) is 12.4. The molecule has 0 spiro atoms. The predicted molar refractivity (Wildman–Crippen MR) is 96.7 cm³/mol. The van der Waals surface area contributed by atoms with Crippen molar-refractivity contribution in [1.29, 1.82) is 0 Å². The van der Waals surface area contributed by atoms with E-state index in [2.05, 4.69) is 15.5 Å². The quantitative estimate of drug-likeness (QED) is 0.747. The molecular formula is C18H23N5O2. The van der Waals surface area contributed by atoms with Crippen LogP contribution in [0.3, 0.4) is 0 Å². The molecule has 1 amide bonds. The molecule has 1 atom stereocenters. The van der Waals surface area contributed by atoms with E-state index in [-0.39, 0.29) is 18.1 Å². The summed E-state index contributed by atoms with van der Waals surface area (Å²) in [5.74, 6) is 1.07. The number of carbonyl (C=O) groups excluding carboxylic acids is 1. The van der Waals surface area contributed by atoms with Gasteiger partial charge >= 0.3 is 0 Å². The average molecular weight is 341 g/mol. The van der Waals surface area contributed by atoms with E-state index in [1.54, 1.807) is 27.8 Å². The summed E-state index contributed by atoms with van der Waals surface area (Å²) in [4.78, 5) is 12.8. The molecule has 0 aliphatic heterocycles. The number of ether oxygens (including phenoxy) is 1. The van der Waals surface area contributed by atoms with Crippen molar-refractivity contribution < 1.29 is 9.53 Å². The lowest BCUT2D eigenvalue weighted by atomic mass is 10.2. The molecule has 3 aromatic rings. The number of aromatic nitrogens is 4. The summed E-state index contributed by atoms with van der Waals surface area (Å²) in [5.41, 5.74) is 0.903. The van der Waals surface area contributed by atoms with Crippen molar-refractivity contribution in [2.75, 3.05) is 5.32 Å². The zero-order valence-electron chi connectivity index (χ0n) is 14.9. The maximum atomic E-state index is 12.8. The highest BCUT2D eigenvalue weighted by Crippen LogP contribution is 2.33. The van der Waals surface area contributed by atoms with Crippen LogP contribution in [0.25, 0.3) is 10.9 Å². The number of amides is 1. The molecule has 2 aromatic heterocycles. The lowest BCUT2D eigenvalue weighted by Gasteiger charge is -2.15. The van der Waals surface area contributed by atoms with Crippen LogP contribution >= 0.6 is 0 Å². The SMILES string of the molecule is CCC(C(=O)Nc1nn(C)c2cccc(OC(C)C)c12)n1cccn1. The Hall–Kier alpha value is -2.83. The first-order valence-electron chi connectivity index (χ1n) is 8.43. The predicted octanol–water partition coefficient (Wildman–Crippen LogP) is 3.15. The maximum Gasteiger partial charge on any atom is 0.250 e. The number of benzene rings is 1. The van der Waals surface area contributed by atoms with Gasteiger partial charge in [0.05, 0.1) is 17.0 Å². The summed E-state index contributed by atoms with van der Waals surface area (Å²) in [6, 6.07) is 7.19. The fraction of sp³-hybridized carbons (Fsp3) is 0.389. The Labute approximate surface area is 146 Å². The molecule has 0 radical (unpaired) electrons. The van der Waals surface area contributed by atoms with Crippen molar-refractivity contribution in [2.45, 2.75) is 39.3 Å². The first-order chi connectivity index (χ1) is 12.0. The molecule has 3 rings (SSSR count). The van der Waals surface area contributed by atoms with Gasteiger partial charge < -0.3 is 10.1 Å². The van der Waals surface area contributed by atoms with E-state index in [0.29, 0.717) is 18.0 Å². The van der Waals surface area contributed by atoms with Crippen LogP contribution in [0.5, 0.6) is 5.75 Å². The molecule has 0 bridgehead atoms. The second kappa shape index (κ2) is 6.96. The van der Waals surface area contributed by atoms with Crippen LogP contribution in [0.2, 0.25) is 0 Å². The number of hydrogen-bond donors (Lipinski definition) is 1. The third-order valence-corrected chi connectivity index (χ3v) is 3.98. The van der Waals surface area contributed by atoms with E-state index in [1.165, 1.54) is 0 Å². The number of nitrogens with one attached hydrogen (secondary N) is 1. The van der Waals surface area contributed by atoms with Crippen LogP contribution in [0, 0.1) is 0 Å². The Morgan fingerprint density at radius 2 is 2.12 bits per heavy atom. The van der Waals surface area contributed by atoms with Gasteiger partial charge in [-0.1, -0.05) is 13.0 Å². The summed E-state index contributed by atoms with van der Waals surface area (Å²) in [6.45, 7) is 5.90. The first kappa shape index (κ1) is 17.0. The van der Waals surface area contributed by atoms with E-state index in [0.717, 1.165) is 10.9 Å². The summed E-state index contributed by atoms with van der Waals surface area (Å²) in [7, 11) is 1.85. The van der Waals surface area contributed by atoms with Crippen LogP contribution in [0.15, 0.2) is 36.7 Å². The van der Waals surface area contributed by atoms with Gasteiger partial charge in [-0.2, -0.15) is 10.2 Å². The number of fused-ring (bicyclic) bond motifs is 1. The van der Waals surface area contributed by atoms with Gasteiger partial charge in [0.1, 0.15) is 11.8 Å². The number of rotatable bonds is 6. The van der Waals surface area contributed by atoms with Crippen LogP contribution in [0.1, 0.15) is 33.2 Å². The molecule has 1 N–H and O–H groups in total. The number of hydrogen-bond acceptors (Lipinski definition) is 4. The topological polar surface area (TPSA) is 74.0 Å². The van der Waals surface area contributed by atoms with Crippen molar-refractivity contribution in [3.8, 4) is 5.75 Å². The van der Waals surface area contributed by atoms with Crippen molar-refractivity contribution in [3.63, 3.8) is 0 Å². The minimum Gasteiger partial charge on any atom is -0.490 e. The second-order valence-electron chi connectivity index (χ2n) is 6.19. The van der Waals surface area contributed by atoms with E-state index in [9.17, 15) is 4.79 Å². The van der Waals surface area contributed by atoms with Gasteiger partial charge in [-0.05, 0) is 38.5 Å². The lowest BCUT2D eigenvalue weighted by molar-refractivity contribution is -0.119. The molecule has 1 aromatic carbocycles. The van der Waals surface area contributed by atoms with Crippen LogP contribution in [0.4, 0.5) is 5.82 Å². The van der Waals surface area contributed by atoms with Gasteiger partial charge in [0.2, 0.25) is 5.91 Å². The van der Waals surface area contributed by atoms with Crippen LogP contribution in [-0.4, -0.2) is 31.6 Å². The third-order valence-electron chi connectivity index (χ3n) is 3.98. The van der Waals surface area contributed by atoms with E-state index in [4.69, 9.17) is 4.74 Å². The second-order valence-corrected chi connectivity index (χ2v) is 6.19. The Bertz CT molecular complexity index is 867. The largest absolute Gasteiger partial charge is 0.490 e. The molecule has 0 saturated carbocycles. The summed E-state index contributed by atoms with van der Waals surface area (Å²) >= 11 is 0. The molecule has 1 unspecified atom stereocenters. The van der Waals surface area contributed by atoms with E-state index in [1.807, 2.05) is 46.0 Å². The van der Waals surface area contributed by atoms with Crippen molar-refractivity contribution >= 4 is 22.6 Å². The average Bonchev–Trinajstić information content (AvgIpc) is 3.18. The summed E-state index contributed by atoms with van der Waals surface area (Å²) < 4.78 is 9.30. The molecule has 7 nitrogen and oxygen atoms in total. The van der Waals surface area contributed by atoms with Crippen LogP contribution in [-0.2, 0) is 11.8 Å². The molecule has 0 aliphatic carbocycles. The Kier molecular flexibility index (Phi) is 4.74. The first-order valence-corrected chi connectivity index (χ1v) is 8.43. The maximum absolute atomic E-state index is 12.8. The standard InChI is InChI=1S/C18H23N5O2/c1-5-13(23-11-7-10-19-23)18(24)20-17-16-14(22(4)21-17)8-6-9-15(16)25-12(2)3/h6-13H,5H2,1-4H3,(H,20,21,24). The minimum absolute atomic E-state index is 0.0295. The van der Waals surface area contributed by atoms with E-state index < -0.39 is 0 Å². The van der Waals surface area contributed by atoms with Crippen molar-refractivity contribution in [3.05, 3.63) is 36.7 Å². The normalized spacial score (nSPS) is 12.5. The van der Waals surface area contributed by atoms with Gasteiger partial charge in [-0.3, -0.25) is 14.2 Å². The minimum atomic E-state index is -0.384. The fourth-order valence-corrected chi connectivity index (χ4v) is 2.88. The molecule has 132 valence electrons. The highest BCUT2D eigenvalue weighted by atomic mass is 16.5. The third kappa shape index (κ3) is 3.35. The molecule has 0 aliphatic rings. The van der Waals surface area contributed by atoms with Gasteiger partial charge in [0.25, 0.3) is 0 Å². The number of anilines is 1. The number of nitrogens with zero attached hydrogens (tertiary/aromatic N) is 4. The molecule has 7 heteroatoms. The smallest absolute Gasteiger partial charge is 0.250 e. The molecule has 25 heavy (non-hydrogen) atoms. The fourth-order valence-electron chi connectivity index (χ4n) is 2.88. The van der Waals surface area contributed by atoms with Crippen molar-refractivity contribution in [2.24, 2.45) is 7.05 Å². The molecule has 0 fully saturated rings. The highest BCUT2D eigenvalue weighted by molar-refractivity contribution is 6.03. The number of carbonyl (C=O) groups is 1. The summed E-state index contributed by atoms with van der Waals surface area (Å²) in [6.07, 6.45) is 4.12. The molecular weight excluding hydrogens is 318 g/mol. The zero-order chi connectivity index (χ0) is 18.0. The van der Waals surface area contributed by atoms with E-state index >= 15 is 0 Å². The highest BCUT2D eigenvalue weighted by Gasteiger charge is 2.22. The molecule has 2 heterocycles. The zero-order valence-corrected chi connectivity index (χ0v) is 14.9. The Morgan fingerprint density at radius 3 is 2.76 bits per heavy atom. The van der Waals surface area contributed by atoms with Crippen molar-refractivity contribution in [1.82, 2.24) is 19.6 Å². The van der Waals surface area contributed by atoms with Gasteiger partial charge in [0, 0.05) is 19.4 Å². The monoisotopic (exact) mass is 341 g/mol. The van der Waals surface area contributed by atoms with Gasteiger partial charge in [0.15, 0.2) is 5.82 Å². The van der Waals surface area contributed by atoms with Crippen LogP contribution < -0.4 is 10.1 Å². The lowest BCUT2D eigenvalue weighted by Crippen LogP contribution is -2.26. The Balaban J connectivity index is 1.97. The molecule has 0 saturated heterocycles. The Morgan fingerprint density at radius 1 is 1.32 bits per heavy atom. The van der Waals surface area contributed by atoms with Gasteiger partial charge in [-0.25, -0.2) is 0 Å². The number of aryl methyl sites for hydroxylation is 1. The van der Waals surface area contributed by atoms with Gasteiger partial charge in [-0.15, -0.1) is 0 Å².